The normalized spacial score (nSPS) is 11.6. The predicted octanol–water partition coefficient (Wildman–Crippen LogP) is 2.97. The molecular weight excluding hydrogens is 299 g/mol. The van der Waals surface area contributed by atoms with Crippen molar-refractivity contribution in [1.29, 1.82) is 0 Å². The van der Waals surface area contributed by atoms with E-state index >= 15 is 0 Å². The van der Waals surface area contributed by atoms with Crippen molar-refractivity contribution in [2.24, 2.45) is 7.05 Å². The van der Waals surface area contributed by atoms with Gasteiger partial charge in [0.2, 0.25) is 5.91 Å². The van der Waals surface area contributed by atoms with E-state index in [4.69, 9.17) is 0 Å². The Morgan fingerprint density at radius 3 is 2.55 bits per heavy atom. The Balaban J connectivity index is 1.93. The lowest BCUT2D eigenvalue weighted by Crippen LogP contribution is -2.17. The number of anilines is 1. The molecule has 0 radical (unpaired) electrons. The Morgan fingerprint density at radius 1 is 1.32 bits per heavy atom. The minimum atomic E-state index is -4.74. The molecule has 22 heavy (non-hydrogen) atoms. The molecule has 1 N–H and O–H groups in total. The van der Waals surface area contributed by atoms with E-state index < -0.39 is 12.3 Å². The number of carbonyl (C=O) groups excluding carboxylic acids is 1. The van der Waals surface area contributed by atoms with Gasteiger partial charge in [0, 0.05) is 30.6 Å². The second-order valence-corrected chi connectivity index (χ2v) is 4.34. The number of rotatable bonds is 4. The van der Waals surface area contributed by atoms with Gasteiger partial charge < -0.3 is 10.1 Å². The van der Waals surface area contributed by atoms with Crippen LogP contribution in [0.2, 0.25) is 0 Å². The highest BCUT2D eigenvalue weighted by atomic mass is 19.4. The third kappa shape index (κ3) is 4.97. The summed E-state index contributed by atoms with van der Waals surface area (Å²) < 4.78 is 41.3. The lowest BCUT2D eigenvalue weighted by atomic mass is 10.3. The van der Waals surface area contributed by atoms with Crippen molar-refractivity contribution in [3.63, 3.8) is 0 Å². The number of nitrogens with one attached hydrogen (secondary N) is 1. The summed E-state index contributed by atoms with van der Waals surface area (Å²) in [5.41, 5.74) is 1.11. The fourth-order valence-electron chi connectivity index (χ4n) is 1.62. The molecule has 0 aliphatic rings. The van der Waals surface area contributed by atoms with Gasteiger partial charge in [0.25, 0.3) is 0 Å². The van der Waals surface area contributed by atoms with E-state index in [1.165, 1.54) is 18.2 Å². The van der Waals surface area contributed by atoms with Crippen molar-refractivity contribution in [1.82, 2.24) is 9.78 Å². The van der Waals surface area contributed by atoms with Gasteiger partial charge in [-0.3, -0.25) is 9.48 Å². The maximum Gasteiger partial charge on any atom is 0.573 e. The lowest BCUT2D eigenvalue weighted by molar-refractivity contribution is -0.274. The van der Waals surface area contributed by atoms with Gasteiger partial charge >= 0.3 is 6.36 Å². The third-order valence-electron chi connectivity index (χ3n) is 2.51. The van der Waals surface area contributed by atoms with Crippen molar-refractivity contribution in [3.05, 3.63) is 48.3 Å². The number of halogens is 3. The number of amides is 1. The maximum atomic E-state index is 12.0. The molecule has 1 amide bonds. The first-order chi connectivity index (χ1) is 10.3. The van der Waals surface area contributed by atoms with Crippen molar-refractivity contribution in [3.8, 4) is 5.75 Å². The Labute approximate surface area is 124 Å². The van der Waals surface area contributed by atoms with Gasteiger partial charge in [-0.05, 0) is 30.3 Å². The number of alkyl halides is 3. The highest BCUT2D eigenvalue weighted by Crippen LogP contribution is 2.23. The monoisotopic (exact) mass is 311 g/mol. The summed E-state index contributed by atoms with van der Waals surface area (Å²) in [6.07, 6.45) is 1.46. The zero-order valence-electron chi connectivity index (χ0n) is 11.5. The number of nitrogens with zero attached hydrogens (tertiary/aromatic N) is 2. The average molecular weight is 311 g/mol. The Bertz CT molecular complexity index is 675. The van der Waals surface area contributed by atoms with Crippen molar-refractivity contribution in [2.75, 3.05) is 5.32 Å². The van der Waals surface area contributed by atoms with Crippen LogP contribution in [-0.4, -0.2) is 22.1 Å². The zero-order chi connectivity index (χ0) is 16.2. The molecule has 1 aromatic heterocycles. The number of carbonyl (C=O) groups is 1. The lowest BCUT2D eigenvalue weighted by Gasteiger charge is -2.09. The topological polar surface area (TPSA) is 56.2 Å². The van der Waals surface area contributed by atoms with E-state index in [2.05, 4.69) is 15.2 Å². The van der Waals surface area contributed by atoms with Gasteiger partial charge in [-0.2, -0.15) is 5.10 Å². The summed E-state index contributed by atoms with van der Waals surface area (Å²) in [6, 6.07) is 4.87. The number of benzene rings is 1. The highest BCUT2D eigenvalue weighted by Gasteiger charge is 2.30. The van der Waals surface area contributed by atoms with E-state index in [0.717, 1.165) is 17.7 Å². The molecule has 0 aliphatic carbocycles. The van der Waals surface area contributed by atoms with Crippen molar-refractivity contribution in [2.45, 2.75) is 6.36 Å². The van der Waals surface area contributed by atoms with Crippen LogP contribution in [0.25, 0.3) is 6.08 Å². The highest BCUT2D eigenvalue weighted by molar-refractivity contribution is 6.01. The van der Waals surface area contributed by atoms with Crippen molar-refractivity contribution < 1.29 is 22.7 Å². The molecular formula is C14H12F3N3O2. The van der Waals surface area contributed by atoms with E-state index in [1.54, 1.807) is 30.2 Å². The predicted molar refractivity (Wildman–Crippen MR) is 74.0 cm³/mol. The second-order valence-electron chi connectivity index (χ2n) is 4.34. The van der Waals surface area contributed by atoms with Gasteiger partial charge in [0.15, 0.2) is 0 Å². The summed E-state index contributed by atoms with van der Waals surface area (Å²) in [5.74, 6) is -0.759. The number of ether oxygens (including phenoxy) is 1. The van der Waals surface area contributed by atoms with Crippen LogP contribution in [-0.2, 0) is 11.8 Å². The SMILES string of the molecule is Cn1cc(C=CC(=O)Nc2ccc(OC(F)(F)F)cc2)cn1. The summed E-state index contributed by atoms with van der Waals surface area (Å²) >= 11 is 0. The van der Waals surface area contributed by atoms with Crippen LogP contribution in [0.3, 0.4) is 0 Å². The van der Waals surface area contributed by atoms with Gasteiger partial charge in [-0.15, -0.1) is 13.2 Å². The zero-order valence-corrected chi connectivity index (χ0v) is 11.5. The third-order valence-corrected chi connectivity index (χ3v) is 2.51. The molecule has 0 bridgehead atoms. The molecule has 0 spiro atoms. The summed E-state index contributed by atoms with van der Waals surface area (Å²) in [7, 11) is 1.75. The van der Waals surface area contributed by atoms with E-state index in [-0.39, 0.29) is 5.75 Å². The molecule has 0 unspecified atom stereocenters. The minimum absolute atomic E-state index is 0.351. The fraction of sp³-hybridized carbons (Fsp3) is 0.143. The average Bonchev–Trinajstić information content (AvgIpc) is 2.83. The van der Waals surface area contributed by atoms with Crippen LogP contribution >= 0.6 is 0 Å². The first kappa shape index (κ1) is 15.6. The summed E-state index contributed by atoms with van der Waals surface area (Å²) in [6.45, 7) is 0. The molecule has 5 nitrogen and oxygen atoms in total. The van der Waals surface area contributed by atoms with E-state index in [0.29, 0.717) is 5.69 Å². The Kier molecular flexibility index (Phi) is 4.50. The molecule has 1 heterocycles. The number of hydrogen-bond donors (Lipinski definition) is 1. The molecule has 0 saturated heterocycles. The largest absolute Gasteiger partial charge is 0.573 e. The van der Waals surface area contributed by atoms with E-state index in [1.807, 2.05) is 0 Å². The van der Waals surface area contributed by atoms with Crippen LogP contribution in [0.5, 0.6) is 5.75 Å². The van der Waals surface area contributed by atoms with Gasteiger partial charge in [0.1, 0.15) is 5.75 Å². The summed E-state index contributed by atoms with van der Waals surface area (Å²) in [4.78, 5) is 11.7. The molecule has 0 saturated carbocycles. The minimum Gasteiger partial charge on any atom is -0.406 e. The van der Waals surface area contributed by atoms with Crippen LogP contribution in [0.15, 0.2) is 42.7 Å². The molecule has 2 rings (SSSR count). The quantitative estimate of drug-likeness (QED) is 0.883. The molecule has 1 aromatic carbocycles. The number of aryl methyl sites for hydroxylation is 1. The molecule has 0 fully saturated rings. The molecule has 0 atom stereocenters. The van der Waals surface area contributed by atoms with Gasteiger partial charge in [0.05, 0.1) is 6.20 Å². The number of hydrogen-bond acceptors (Lipinski definition) is 3. The second kappa shape index (κ2) is 6.33. The standard InChI is InChI=1S/C14H12F3N3O2/c1-20-9-10(8-18-20)2-7-13(21)19-11-3-5-12(6-4-11)22-14(15,16)17/h2-9H,1H3,(H,19,21). The molecule has 2 aromatic rings. The van der Waals surface area contributed by atoms with Crippen LogP contribution in [0.1, 0.15) is 5.56 Å². The first-order valence-corrected chi connectivity index (χ1v) is 6.15. The Hall–Kier alpha value is -2.77. The van der Waals surface area contributed by atoms with Gasteiger partial charge in [-0.1, -0.05) is 0 Å². The maximum absolute atomic E-state index is 12.0. The summed E-state index contributed by atoms with van der Waals surface area (Å²) in [5, 5.41) is 6.46. The van der Waals surface area contributed by atoms with Gasteiger partial charge in [-0.25, -0.2) is 0 Å². The smallest absolute Gasteiger partial charge is 0.406 e. The van der Waals surface area contributed by atoms with Crippen LogP contribution in [0.4, 0.5) is 18.9 Å². The fourth-order valence-corrected chi connectivity index (χ4v) is 1.62. The first-order valence-electron chi connectivity index (χ1n) is 6.15. The van der Waals surface area contributed by atoms with Crippen molar-refractivity contribution >= 4 is 17.7 Å². The number of aromatic nitrogens is 2. The molecule has 0 aliphatic heterocycles. The molecule has 8 heteroatoms. The van der Waals surface area contributed by atoms with Crippen LogP contribution in [0, 0.1) is 0 Å². The molecule has 116 valence electrons. The van der Waals surface area contributed by atoms with E-state index in [9.17, 15) is 18.0 Å². The Morgan fingerprint density at radius 2 is 2.00 bits per heavy atom. The van der Waals surface area contributed by atoms with Crippen LogP contribution < -0.4 is 10.1 Å².